The standard InChI is InChI=1S/C28H35N3O2S/c1-3-33-25-13-14-26-22(18-25)17-23(27(32)30-26)19-31(16-15-21-10-8-7-9-20(21)2)28(34)29-24-11-5-4-6-12-24/h7-10,13-14,17-18,24H,3-6,11-12,15-16,19H2,1-2H3,(H,29,34)(H,30,32). The molecule has 5 nitrogen and oxygen atoms in total. The van der Waals surface area contributed by atoms with Crippen molar-refractivity contribution in [1.29, 1.82) is 0 Å². The predicted molar refractivity (Wildman–Crippen MR) is 144 cm³/mol. The number of hydrogen-bond acceptors (Lipinski definition) is 3. The maximum atomic E-state index is 12.9. The van der Waals surface area contributed by atoms with E-state index in [1.807, 2.05) is 31.2 Å². The zero-order valence-electron chi connectivity index (χ0n) is 20.2. The second kappa shape index (κ2) is 11.5. The summed E-state index contributed by atoms with van der Waals surface area (Å²) in [7, 11) is 0. The molecule has 4 rings (SSSR count). The fourth-order valence-electron chi connectivity index (χ4n) is 4.72. The fourth-order valence-corrected chi connectivity index (χ4v) is 5.04. The van der Waals surface area contributed by atoms with Crippen molar-refractivity contribution >= 4 is 28.2 Å². The van der Waals surface area contributed by atoms with Gasteiger partial charge in [-0.05, 0) is 80.7 Å². The van der Waals surface area contributed by atoms with Gasteiger partial charge in [0, 0.05) is 29.1 Å². The Balaban J connectivity index is 1.57. The number of rotatable bonds is 8. The number of thiocarbonyl (C=S) groups is 1. The van der Waals surface area contributed by atoms with Crippen molar-refractivity contribution in [2.45, 2.75) is 65.0 Å². The number of benzene rings is 2. The zero-order valence-corrected chi connectivity index (χ0v) is 21.0. The molecule has 1 heterocycles. The average molecular weight is 478 g/mol. The van der Waals surface area contributed by atoms with Crippen LogP contribution in [0.4, 0.5) is 0 Å². The second-order valence-electron chi connectivity index (χ2n) is 9.19. The molecular weight excluding hydrogens is 442 g/mol. The SMILES string of the molecule is CCOc1ccc2[nH]c(=O)c(CN(CCc3ccccc3C)C(=S)NC3CCCCC3)cc2c1. The van der Waals surface area contributed by atoms with Crippen LogP contribution >= 0.6 is 12.2 Å². The van der Waals surface area contributed by atoms with Gasteiger partial charge in [-0.25, -0.2) is 0 Å². The number of fused-ring (bicyclic) bond motifs is 1. The summed E-state index contributed by atoms with van der Waals surface area (Å²) >= 11 is 5.88. The van der Waals surface area contributed by atoms with Crippen molar-refractivity contribution in [3.05, 3.63) is 75.6 Å². The van der Waals surface area contributed by atoms with Gasteiger partial charge >= 0.3 is 0 Å². The highest BCUT2D eigenvalue weighted by Gasteiger charge is 2.19. The van der Waals surface area contributed by atoms with E-state index in [0.29, 0.717) is 24.8 Å². The molecule has 3 aromatic rings. The summed E-state index contributed by atoms with van der Waals surface area (Å²) in [5.41, 5.74) is 4.03. The van der Waals surface area contributed by atoms with Crippen LogP contribution in [0.5, 0.6) is 5.75 Å². The summed E-state index contributed by atoms with van der Waals surface area (Å²) < 4.78 is 5.65. The van der Waals surface area contributed by atoms with Crippen molar-refractivity contribution in [2.75, 3.05) is 13.2 Å². The molecule has 0 bridgehead atoms. The topological polar surface area (TPSA) is 57.4 Å². The molecule has 0 radical (unpaired) electrons. The van der Waals surface area contributed by atoms with Gasteiger partial charge in [0.15, 0.2) is 5.11 Å². The van der Waals surface area contributed by atoms with E-state index in [2.05, 4.69) is 46.4 Å². The van der Waals surface area contributed by atoms with Crippen LogP contribution in [-0.4, -0.2) is 34.2 Å². The molecule has 0 atom stereocenters. The zero-order chi connectivity index (χ0) is 23.9. The largest absolute Gasteiger partial charge is 0.494 e. The van der Waals surface area contributed by atoms with Crippen LogP contribution in [0.1, 0.15) is 55.7 Å². The molecule has 6 heteroatoms. The highest BCUT2D eigenvalue weighted by atomic mass is 32.1. The first kappa shape index (κ1) is 24.3. The van der Waals surface area contributed by atoms with Crippen LogP contribution in [0.25, 0.3) is 10.9 Å². The van der Waals surface area contributed by atoms with Crippen molar-refractivity contribution in [3.63, 3.8) is 0 Å². The van der Waals surface area contributed by atoms with Gasteiger partial charge in [0.2, 0.25) is 0 Å². The van der Waals surface area contributed by atoms with Gasteiger partial charge in [-0.2, -0.15) is 0 Å². The molecule has 0 spiro atoms. The lowest BCUT2D eigenvalue weighted by Gasteiger charge is -2.31. The van der Waals surface area contributed by atoms with E-state index in [0.717, 1.165) is 47.6 Å². The van der Waals surface area contributed by atoms with Gasteiger partial charge in [-0.15, -0.1) is 0 Å². The third kappa shape index (κ3) is 6.17. The van der Waals surface area contributed by atoms with Crippen molar-refractivity contribution in [1.82, 2.24) is 15.2 Å². The Labute approximate surface area is 207 Å². The van der Waals surface area contributed by atoms with E-state index in [4.69, 9.17) is 17.0 Å². The highest BCUT2D eigenvalue weighted by molar-refractivity contribution is 7.80. The quantitative estimate of drug-likeness (QED) is 0.420. The van der Waals surface area contributed by atoms with Crippen LogP contribution in [0.15, 0.2) is 53.3 Å². The Morgan fingerprint density at radius 3 is 2.68 bits per heavy atom. The first-order valence-corrected chi connectivity index (χ1v) is 12.8. The van der Waals surface area contributed by atoms with E-state index in [-0.39, 0.29) is 5.56 Å². The van der Waals surface area contributed by atoms with E-state index in [1.165, 1.54) is 30.4 Å². The minimum atomic E-state index is -0.0713. The smallest absolute Gasteiger partial charge is 0.253 e. The Hall–Kier alpha value is -2.86. The number of aromatic nitrogens is 1. The fraction of sp³-hybridized carbons (Fsp3) is 0.429. The molecule has 2 aromatic carbocycles. The summed E-state index contributed by atoms with van der Waals surface area (Å²) in [5.74, 6) is 0.805. The number of aryl methyl sites for hydroxylation is 1. The monoisotopic (exact) mass is 477 g/mol. The number of nitrogens with zero attached hydrogens (tertiary/aromatic N) is 1. The molecule has 0 amide bonds. The van der Waals surface area contributed by atoms with E-state index >= 15 is 0 Å². The maximum Gasteiger partial charge on any atom is 0.253 e. The van der Waals surface area contributed by atoms with Gasteiger partial charge in [0.1, 0.15) is 5.75 Å². The van der Waals surface area contributed by atoms with Gasteiger partial charge in [0.25, 0.3) is 5.56 Å². The van der Waals surface area contributed by atoms with Crippen molar-refractivity contribution in [3.8, 4) is 5.75 Å². The summed E-state index contributed by atoms with van der Waals surface area (Å²) in [4.78, 5) is 18.1. The molecule has 1 fully saturated rings. The number of H-pyrrole nitrogens is 1. The number of pyridine rings is 1. The number of ether oxygens (including phenoxy) is 1. The molecular formula is C28H35N3O2S. The molecule has 1 aromatic heterocycles. The summed E-state index contributed by atoms with van der Waals surface area (Å²) in [6.07, 6.45) is 6.98. The normalized spacial score (nSPS) is 14.2. The predicted octanol–water partition coefficient (Wildman–Crippen LogP) is 5.49. The Bertz CT molecular complexity index is 1180. The molecule has 0 aliphatic heterocycles. The minimum Gasteiger partial charge on any atom is -0.494 e. The lowest BCUT2D eigenvalue weighted by Crippen LogP contribution is -2.46. The first-order valence-electron chi connectivity index (χ1n) is 12.4. The minimum absolute atomic E-state index is 0.0713. The Morgan fingerprint density at radius 1 is 1.12 bits per heavy atom. The third-order valence-electron chi connectivity index (χ3n) is 6.70. The van der Waals surface area contributed by atoms with Crippen molar-refractivity contribution in [2.24, 2.45) is 0 Å². The maximum absolute atomic E-state index is 12.9. The van der Waals surface area contributed by atoms with E-state index in [9.17, 15) is 4.79 Å². The molecule has 1 aliphatic carbocycles. The first-order chi connectivity index (χ1) is 16.5. The third-order valence-corrected chi connectivity index (χ3v) is 7.07. The summed E-state index contributed by atoms with van der Waals surface area (Å²) in [5, 5.41) is 5.30. The number of aromatic amines is 1. The lowest BCUT2D eigenvalue weighted by molar-refractivity contribution is 0.340. The van der Waals surface area contributed by atoms with Gasteiger partial charge in [-0.3, -0.25) is 4.79 Å². The summed E-state index contributed by atoms with van der Waals surface area (Å²) in [6.45, 7) is 5.93. The van der Waals surface area contributed by atoms with Crippen molar-refractivity contribution < 1.29 is 4.74 Å². The molecule has 34 heavy (non-hydrogen) atoms. The average Bonchev–Trinajstić information content (AvgIpc) is 2.84. The number of hydrogen-bond donors (Lipinski definition) is 2. The van der Waals surface area contributed by atoms with Crippen LogP contribution in [0.3, 0.4) is 0 Å². The van der Waals surface area contributed by atoms with Crippen LogP contribution in [0.2, 0.25) is 0 Å². The van der Waals surface area contributed by atoms with Gasteiger partial charge in [0.05, 0.1) is 13.2 Å². The van der Waals surface area contributed by atoms with Crippen LogP contribution in [0, 0.1) is 6.92 Å². The Kier molecular flexibility index (Phi) is 8.22. The summed E-state index contributed by atoms with van der Waals surface area (Å²) in [6, 6.07) is 16.6. The molecule has 0 unspecified atom stereocenters. The van der Waals surface area contributed by atoms with E-state index in [1.54, 1.807) is 0 Å². The second-order valence-corrected chi connectivity index (χ2v) is 9.57. The molecule has 0 saturated heterocycles. The number of nitrogens with one attached hydrogen (secondary N) is 2. The van der Waals surface area contributed by atoms with E-state index < -0.39 is 0 Å². The Morgan fingerprint density at radius 2 is 1.91 bits per heavy atom. The molecule has 2 N–H and O–H groups in total. The van der Waals surface area contributed by atoms with Gasteiger partial charge < -0.3 is 19.9 Å². The molecule has 180 valence electrons. The molecule has 1 aliphatic rings. The highest BCUT2D eigenvalue weighted by Crippen LogP contribution is 2.21. The lowest BCUT2D eigenvalue weighted by atomic mass is 9.96. The van der Waals surface area contributed by atoms with Gasteiger partial charge in [-0.1, -0.05) is 43.5 Å². The molecule has 1 saturated carbocycles. The van der Waals surface area contributed by atoms with Crippen LogP contribution in [-0.2, 0) is 13.0 Å². The van der Waals surface area contributed by atoms with Crippen LogP contribution < -0.4 is 15.6 Å².